The smallest absolute Gasteiger partial charge is 0.0931 e. The Bertz CT molecular complexity index is 265. The van der Waals surface area contributed by atoms with Gasteiger partial charge in [0.25, 0.3) is 0 Å². The Morgan fingerprint density at radius 3 is 2.73 bits per heavy atom. The molecule has 0 spiro atoms. The number of unbranched alkanes of at least 4 members (excludes halogenated alkanes) is 2. The van der Waals surface area contributed by atoms with E-state index in [1.807, 2.05) is 6.07 Å². The SMILES string of the molecule is OCCCCCNCCc1ccc(Cl)s1. The molecule has 0 bridgehead atoms. The van der Waals surface area contributed by atoms with Crippen LogP contribution in [0.3, 0.4) is 0 Å². The maximum Gasteiger partial charge on any atom is 0.0931 e. The molecule has 1 aromatic heterocycles. The van der Waals surface area contributed by atoms with Crippen molar-refractivity contribution < 1.29 is 5.11 Å². The van der Waals surface area contributed by atoms with Gasteiger partial charge in [-0.2, -0.15) is 0 Å². The molecule has 4 heteroatoms. The molecule has 0 atom stereocenters. The average Bonchev–Trinajstić information content (AvgIpc) is 2.63. The van der Waals surface area contributed by atoms with Crippen LogP contribution in [-0.4, -0.2) is 24.8 Å². The number of hydrogen-bond donors (Lipinski definition) is 2. The zero-order valence-electron chi connectivity index (χ0n) is 8.84. The van der Waals surface area contributed by atoms with Crippen molar-refractivity contribution in [3.63, 3.8) is 0 Å². The fourth-order valence-electron chi connectivity index (χ4n) is 1.36. The van der Waals surface area contributed by atoms with Gasteiger partial charge in [0.1, 0.15) is 0 Å². The lowest BCUT2D eigenvalue weighted by molar-refractivity contribution is 0.283. The van der Waals surface area contributed by atoms with Gasteiger partial charge in [-0.1, -0.05) is 11.6 Å². The maximum absolute atomic E-state index is 8.59. The second-order valence-corrected chi connectivity index (χ2v) is 5.29. The van der Waals surface area contributed by atoms with Crippen molar-refractivity contribution in [2.75, 3.05) is 19.7 Å². The van der Waals surface area contributed by atoms with Gasteiger partial charge in [0.05, 0.1) is 4.34 Å². The fourth-order valence-corrected chi connectivity index (χ4v) is 2.45. The lowest BCUT2D eigenvalue weighted by atomic mass is 10.2. The number of rotatable bonds is 8. The minimum atomic E-state index is 0.313. The van der Waals surface area contributed by atoms with Gasteiger partial charge in [0.2, 0.25) is 0 Å². The lowest BCUT2D eigenvalue weighted by Gasteiger charge is -2.02. The van der Waals surface area contributed by atoms with E-state index in [-0.39, 0.29) is 0 Å². The van der Waals surface area contributed by atoms with Gasteiger partial charge in [-0.25, -0.2) is 0 Å². The third-order valence-electron chi connectivity index (χ3n) is 2.19. The fraction of sp³-hybridized carbons (Fsp3) is 0.636. The van der Waals surface area contributed by atoms with E-state index in [2.05, 4.69) is 11.4 Å². The van der Waals surface area contributed by atoms with Crippen molar-refractivity contribution in [1.29, 1.82) is 0 Å². The van der Waals surface area contributed by atoms with Crippen molar-refractivity contribution in [3.05, 3.63) is 21.3 Å². The second kappa shape index (κ2) is 8.11. The zero-order valence-corrected chi connectivity index (χ0v) is 10.4. The number of halogens is 1. The number of nitrogens with one attached hydrogen (secondary N) is 1. The van der Waals surface area contributed by atoms with Crippen molar-refractivity contribution in [1.82, 2.24) is 5.32 Å². The first-order valence-electron chi connectivity index (χ1n) is 5.38. The van der Waals surface area contributed by atoms with E-state index in [9.17, 15) is 0 Å². The standard InChI is InChI=1S/C11H18ClNOS/c12-11-5-4-10(15-11)6-8-13-7-2-1-3-9-14/h4-5,13-14H,1-3,6-9H2. The summed E-state index contributed by atoms with van der Waals surface area (Å²) in [6.45, 7) is 2.36. The molecule has 0 saturated carbocycles. The first-order chi connectivity index (χ1) is 7.33. The molecular weight excluding hydrogens is 230 g/mol. The van der Waals surface area contributed by atoms with Crippen LogP contribution in [0.4, 0.5) is 0 Å². The van der Waals surface area contributed by atoms with Gasteiger partial charge < -0.3 is 10.4 Å². The quantitative estimate of drug-likeness (QED) is 0.693. The van der Waals surface area contributed by atoms with Crippen LogP contribution in [0, 0.1) is 0 Å². The predicted molar refractivity (Wildman–Crippen MR) is 66.8 cm³/mol. The molecule has 2 nitrogen and oxygen atoms in total. The third kappa shape index (κ3) is 6.15. The summed E-state index contributed by atoms with van der Waals surface area (Å²) in [6, 6.07) is 4.03. The molecule has 0 fully saturated rings. The topological polar surface area (TPSA) is 32.3 Å². The monoisotopic (exact) mass is 247 g/mol. The van der Waals surface area contributed by atoms with Crippen LogP contribution in [0.2, 0.25) is 4.34 Å². The molecule has 1 aromatic rings. The highest BCUT2D eigenvalue weighted by Crippen LogP contribution is 2.21. The van der Waals surface area contributed by atoms with Gasteiger partial charge in [-0.05, 0) is 50.9 Å². The van der Waals surface area contributed by atoms with E-state index in [4.69, 9.17) is 16.7 Å². The Hall–Kier alpha value is -0.0900. The van der Waals surface area contributed by atoms with Gasteiger partial charge in [-0.3, -0.25) is 0 Å². The molecule has 0 aromatic carbocycles. The summed E-state index contributed by atoms with van der Waals surface area (Å²) in [5.74, 6) is 0. The lowest BCUT2D eigenvalue weighted by Crippen LogP contribution is -2.18. The molecule has 0 aliphatic carbocycles. The Kier molecular flexibility index (Phi) is 7.01. The number of aliphatic hydroxyl groups is 1. The Morgan fingerprint density at radius 2 is 2.07 bits per heavy atom. The summed E-state index contributed by atoms with van der Waals surface area (Å²) in [4.78, 5) is 1.34. The molecule has 15 heavy (non-hydrogen) atoms. The maximum atomic E-state index is 8.59. The van der Waals surface area contributed by atoms with Crippen molar-refractivity contribution in [2.24, 2.45) is 0 Å². The number of aliphatic hydroxyl groups excluding tert-OH is 1. The van der Waals surface area contributed by atoms with Crippen LogP contribution in [0.15, 0.2) is 12.1 Å². The molecule has 0 aliphatic heterocycles. The Morgan fingerprint density at radius 1 is 1.20 bits per heavy atom. The highest BCUT2D eigenvalue weighted by Gasteiger charge is 1.97. The van der Waals surface area contributed by atoms with Gasteiger partial charge in [-0.15, -0.1) is 11.3 Å². The minimum absolute atomic E-state index is 0.313. The first-order valence-corrected chi connectivity index (χ1v) is 6.58. The van der Waals surface area contributed by atoms with E-state index >= 15 is 0 Å². The molecule has 86 valence electrons. The molecule has 1 heterocycles. The minimum Gasteiger partial charge on any atom is -0.396 e. The van der Waals surface area contributed by atoms with Crippen LogP contribution in [-0.2, 0) is 6.42 Å². The van der Waals surface area contributed by atoms with E-state index < -0.39 is 0 Å². The number of hydrogen-bond acceptors (Lipinski definition) is 3. The molecular formula is C11H18ClNOS. The summed E-state index contributed by atoms with van der Waals surface area (Å²) in [6.07, 6.45) is 4.22. The van der Waals surface area contributed by atoms with E-state index in [1.165, 1.54) is 4.88 Å². The van der Waals surface area contributed by atoms with Crippen molar-refractivity contribution >= 4 is 22.9 Å². The highest BCUT2D eigenvalue weighted by atomic mass is 35.5. The van der Waals surface area contributed by atoms with E-state index in [0.717, 1.165) is 43.1 Å². The largest absolute Gasteiger partial charge is 0.396 e. The molecule has 1 rings (SSSR count). The molecule has 0 aliphatic rings. The summed E-state index contributed by atoms with van der Waals surface area (Å²) < 4.78 is 0.868. The number of thiophene rings is 1. The molecule has 0 amide bonds. The van der Waals surface area contributed by atoms with Crippen LogP contribution in [0.1, 0.15) is 24.1 Å². The van der Waals surface area contributed by atoms with E-state index in [1.54, 1.807) is 11.3 Å². The Balaban J connectivity index is 1.93. The molecule has 0 radical (unpaired) electrons. The van der Waals surface area contributed by atoms with Crippen molar-refractivity contribution in [3.8, 4) is 0 Å². The van der Waals surface area contributed by atoms with E-state index in [0.29, 0.717) is 6.61 Å². The van der Waals surface area contributed by atoms with Gasteiger partial charge in [0.15, 0.2) is 0 Å². The summed E-state index contributed by atoms with van der Waals surface area (Å²) in [5.41, 5.74) is 0. The van der Waals surface area contributed by atoms with Crippen LogP contribution in [0.5, 0.6) is 0 Å². The van der Waals surface area contributed by atoms with Crippen LogP contribution < -0.4 is 5.32 Å². The van der Waals surface area contributed by atoms with Gasteiger partial charge >= 0.3 is 0 Å². The van der Waals surface area contributed by atoms with Gasteiger partial charge in [0, 0.05) is 11.5 Å². The summed E-state index contributed by atoms with van der Waals surface area (Å²) >= 11 is 7.48. The first kappa shape index (κ1) is 13.0. The molecule has 0 unspecified atom stereocenters. The van der Waals surface area contributed by atoms with Crippen LogP contribution in [0.25, 0.3) is 0 Å². The summed E-state index contributed by atoms with van der Waals surface area (Å²) in [5, 5.41) is 12.0. The van der Waals surface area contributed by atoms with Crippen LogP contribution >= 0.6 is 22.9 Å². The highest BCUT2D eigenvalue weighted by molar-refractivity contribution is 7.16. The summed E-state index contributed by atoms with van der Waals surface area (Å²) in [7, 11) is 0. The average molecular weight is 248 g/mol. The molecule has 2 N–H and O–H groups in total. The third-order valence-corrected chi connectivity index (χ3v) is 3.48. The predicted octanol–water partition coefficient (Wildman–Crippen LogP) is 2.70. The zero-order chi connectivity index (χ0) is 10.9. The second-order valence-electron chi connectivity index (χ2n) is 3.49. The molecule has 0 saturated heterocycles. The normalized spacial score (nSPS) is 10.8. The Labute approximate surface area is 100 Å². The van der Waals surface area contributed by atoms with Crippen molar-refractivity contribution in [2.45, 2.75) is 25.7 Å².